The van der Waals surface area contributed by atoms with E-state index >= 15 is 0 Å². The van der Waals surface area contributed by atoms with Crippen LogP contribution < -0.4 is 0 Å². The summed E-state index contributed by atoms with van der Waals surface area (Å²) in [7, 11) is 0. The summed E-state index contributed by atoms with van der Waals surface area (Å²) in [6, 6.07) is 8.74. The molecule has 17 heavy (non-hydrogen) atoms. The highest BCUT2D eigenvalue weighted by Crippen LogP contribution is 2.09. The minimum atomic E-state index is -0.835. The Hall–Kier alpha value is -2.10. The molecule has 0 unspecified atom stereocenters. The molecule has 0 amide bonds. The normalized spacial score (nSPS) is 9.47. The third kappa shape index (κ3) is 4.51. The van der Waals surface area contributed by atoms with Crippen LogP contribution in [0.15, 0.2) is 42.7 Å². The number of benzene rings is 1. The van der Waals surface area contributed by atoms with Gasteiger partial charge < -0.3 is 9.47 Å². The maximum absolute atomic E-state index is 11.7. The molecule has 1 rings (SSSR count). The molecule has 0 aliphatic carbocycles. The molecular weight excluding hydrogens is 220 g/mol. The number of hydrogen-bond acceptors (Lipinski definition) is 4. The molecule has 4 heteroatoms. The first-order valence-corrected chi connectivity index (χ1v) is 5.24. The van der Waals surface area contributed by atoms with E-state index in [1.807, 2.05) is 6.07 Å². The van der Waals surface area contributed by atoms with E-state index in [0.29, 0.717) is 5.56 Å². The SMILES string of the molecule is C=C(CC(=O)c1ccccc1)OC(=O)OCC. The average Bonchev–Trinajstić information content (AvgIpc) is 2.30. The smallest absolute Gasteiger partial charge is 0.434 e. The van der Waals surface area contributed by atoms with Crippen LogP contribution in [0, 0.1) is 0 Å². The lowest BCUT2D eigenvalue weighted by Gasteiger charge is -2.06. The van der Waals surface area contributed by atoms with Crippen LogP contribution >= 0.6 is 0 Å². The highest BCUT2D eigenvalue weighted by atomic mass is 16.7. The van der Waals surface area contributed by atoms with Crippen LogP contribution in [0.5, 0.6) is 0 Å². The van der Waals surface area contributed by atoms with E-state index in [4.69, 9.17) is 4.74 Å². The van der Waals surface area contributed by atoms with Crippen molar-refractivity contribution >= 4 is 11.9 Å². The first kappa shape index (κ1) is 13.0. The van der Waals surface area contributed by atoms with E-state index < -0.39 is 6.16 Å². The zero-order valence-electron chi connectivity index (χ0n) is 9.64. The zero-order valence-corrected chi connectivity index (χ0v) is 9.64. The van der Waals surface area contributed by atoms with Gasteiger partial charge in [-0.05, 0) is 6.92 Å². The second kappa shape index (κ2) is 6.48. The van der Waals surface area contributed by atoms with Crippen molar-refractivity contribution in [2.45, 2.75) is 13.3 Å². The predicted molar refractivity (Wildman–Crippen MR) is 62.6 cm³/mol. The summed E-state index contributed by atoms with van der Waals surface area (Å²) in [5, 5.41) is 0. The van der Waals surface area contributed by atoms with E-state index in [0.717, 1.165) is 0 Å². The molecule has 4 nitrogen and oxygen atoms in total. The Balaban J connectivity index is 2.47. The molecule has 0 saturated heterocycles. The van der Waals surface area contributed by atoms with E-state index in [-0.39, 0.29) is 24.6 Å². The van der Waals surface area contributed by atoms with Crippen LogP contribution in [0.3, 0.4) is 0 Å². The Labute approximate surface area is 99.8 Å². The van der Waals surface area contributed by atoms with Crippen molar-refractivity contribution in [1.82, 2.24) is 0 Å². The molecule has 0 aromatic heterocycles. The monoisotopic (exact) mass is 234 g/mol. The second-order valence-electron chi connectivity index (χ2n) is 3.29. The number of ether oxygens (including phenoxy) is 2. The maximum Gasteiger partial charge on any atom is 0.513 e. The molecular formula is C13H14O4. The summed E-state index contributed by atoms with van der Waals surface area (Å²) in [4.78, 5) is 22.7. The van der Waals surface area contributed by atoms with Crippen LogP contribution in [-0.2, 0) is 9.47 Å². The molecule has 0 spiro atoms. The van der Waals surface area contributed by atoms with Gasteiger partial charge in [-0.15, -0.1) is 0 Å². The Morgan fingerprint density at radius 3 is 2.47 bits per heavy atom. The Bertz CT molecular complexity index is 409. The molecule has 0 fully saturated rings. The molecule has 0 aliphatic heterocycles. The number of carbonyl (C=O) groups is 2. The quantitative estimate of drug-likeness (QED) is 0.446. The van der Waals surface area contributed by atoms with Crippen molar-refractivity contribution < 1.29 is 19.1 Å². The largest absolute Gasteiger partial charge is 0.513 e. The van der Waals surface area contributed by atoms with E-state index in [1.165, 1.54) is 0 Å². The molecule has 1 aromatic carbocycles. The van der Waals surface area contributed by atoms with Gasteiger partial charge in [0.15, 0.2) is 5.78 Å². The van der Waals surface area contributed by atoms with Gasteiger partial charge in [0, 0.05) is 5.56 Å². The fourth-order valence-corrected chi connectivity index (χ4v) is 1.21. The standard InChI is InChI=1S/C13H14O4/c1-3-16-13(15)17-10(2)9-12(14)11-7-5-4-6-8-11/h4-8H,2-3,9H2,1H3. The van der Waals surface area contributed by atoms with Crippen LogP contribution in [0.2, 0.25) is 0 Å². The molecule has 0 N–H and O–H groups in total. The van der Waals surface area contributed by atoms with Gasteiger partial charge in [-0.2, -0.15) is 0 Å². The van der Waals surface area contributed by atoms with Crippen molar-refractivity contribution in [1.29, 1.82) is 0 Å². The molecule has 0 bridgehead atoms. The first-order chi connectivity index (χ1) is 8.13. The van der Waals surface area contributed by atoms with Crippen molar-refractivity contribution in [3.8, 4) is 0 Å². The molecule has 0 aliphatic rings. The second-order valence-corrected chi connectivity index (χ2v) is 3.29. The number of Topliss-reactive ketones (excluding diaryl/α,β-unsaturated/α-hetero) is 1. The molecule has 90 valence electrons. The Morgan fingerprint density at radius 2 is 1.88 bits per heavy atom. The fourth-order valence-electron chi connectivity index (χ4n) is 1.21. The highest BCUT2D eigenvalue weighted by Gasteiger charge is 2.11. The highest BCUT2D eigenvalue weighted by molar-refractivity contribution is 5.97. The Morgan fingerprint density at radius 1 is 1.24 bits per heavy atom. The lowest BCUT2D eigenvalue weighted by Crippen LogP contribution is -2.09. The number of carbonyl (C=O) groups excluding carboxylic acids is 2. The van der Waals surface area contributed by atoms with Gasteiger partial charge in [-0.3, -0.25) is 4.79 Å². The number of ketones is 1. The van der Waals surface area contributed by atoms with Gasteiger partial charge in [-0.1, -0.05) is 36.9 Å². The van der Waals surface area contributed by atoms with E-state index in [2.05, 4.69) is 11.3 Å². The van der Waals surface area contributed by atoms with Gasteiger partial charge in [0.25, 0.3) is 0 Å². The molecule has 0 atom stereocenters. The summed E-state index contributed by atoms with van der Waals surface area (Å²) in [5.41, 5.74) is 0.557. The lowest BCUT2D eigenvalue weighted by atomic mass is 10.1. The van der Waals surface area contributed by atoms with Gasteiger partial charge in [0.05, 0.1) is 13.0 Å². The van der Waals surface area contributed by atoms with Crippen molar-refractivity contribution in [2.75, 3.05) is 6.61 Å². The lowest BCUT2D eigenvalue weighted by molar-refractivity contribution is 0.0773. The van der Waals surface area contributed by atoms with Gasteiger partial charge in [-0.25, -0.2) is 4.79 Å². The van der Waals surface area contributed by atoms with Crippen molar-refractivity contribution in [3.05, 3.63) is 48.2 Å². The molecule has 0 radical (unpaired) electrons. The minimum Gasteiger partial charge on any atom is -0.434 e. The summed E-state index contributed by atoms with van der Waals surface area (Å²) < 4.78 is 9.27. The maximum atomic E-state index is 11.7. The summed E-state index contributed by atoms with van der Waals surface area (Å²) in [5.74, 6) is -0.0720. The van der Waals surface area contributed by atoms with Crippen molar-refractivity contribution in [2.24, 2.45) is 0 Å². The number of hydrogen-bond donors (Lipinski definition) is 0. The van der Waals surface area contributed by atoms with E-state index in [1.54, 1.807) is 31.2 Å². The average molecular weight is 234 g/mol. The van der Waals surface area contributed by atoms with Crippen LogP contribution in [0.4, 0.5) is 4.79 Å². The summed E-state index contributed by atoms with van der Waals surface area (Å²) >= 11 is 0. The first-order valence-electron chi connectivity index (χ1n) is 5.24. The molecule has 0 saturated carbocycles. The predicted octanol–water partition coefficient (Wildman–Crippen LogP) is 2.95. The zero-order chi connectivity index (χ0) is 12.7. The number of rotatable bonds is 5. The number of allylic oxidation sites excluding steroid dienone is 1. The third-order valence-electron chi connectivity index (χ3n) is 1.94. The molecule has 0 heterocycles. The van der Waals surface area contributed by atoms with Gasteiger partial charge >= 0.3 is 6.16 Å². The van der Waals surface area contributed by atoms with Crippen LogP contribution in [0.1, 0.15) is 23.7 Å². The van der Waals surface area contributed by atoms with Crippen molar-refractivity contribution in [3.63, 3.8) is 0 Å². The van der Waals surface area contributed by atoms with E-state index in [9.17, 15) is 9.59 Å². The summed E-state index contributed by atoms with van der Waals surface area (Å²) in [6.07, 6.45) is -0.874. The third-order valence-corrected chi connectivity index (χ3v) is 1.94. The Kier molecular flexibility index (Phi) is 4.94. The van der Waals surface area contributed by atoms with Gasteiger partial charge in [0.1, 0.15) is 5.76 Å². The minimum absolute atomic E-state index is 0.0389. The van der Waals surface area contributed by atoms with Crippen LogP contribution in [0.25, 0.3) is 0 Å². The fraction of sp³-hybridized carbons (Fsp3) is 0.231. The van der Waals surface area contributed by atoms with Gasteiger partial charge in [0.2, 0.25) is 0 Å². The summed E-state index contributed by atoms with van der Waals surface area (Å²) in [6.45, 7) is 5.39. The molecule has 1 aromatic rings. The topological polar surface area (TPSA) is 52.6 Å². The van der Waals surface area contributed by atoms with Crippen LogP contribution in [-0.4, -0.2) is 18.5 Å².